The van der Waals surface area contributed by atoms with Crippen LogP contribution in [0.25, 0.3) is 0 Å². The first kappa shape index (κ1) is 11.0. The van der Waals surface area contributed by atoms with Crippen molar-refractivity contribution >= 4 is 5.69 Å². The van der Waals surface area contributed by atoms with Gasteiger partial charge in [-0.05, 0) is 25.0 Å². The second-order valence-electron chi connectivity index (χ2n) is 3.96. The number of nitrogens with zero attached hydrogens (tertiary/aromatic N) is 1. The number of alkyl halides is 3. The first-order valence-corrected chi connectivity index (χ1v) is 4.85. The van der Waals surface area contributed by atoms with Crippen molar-refractivity contribution in [3.8, 4) is 5.88 Å². The summed E-state index contributed by atoms with van der Waals surface area (Å²) in [5.74, 6) is 0.0676. The molecule has 1 aliphatic carbocycles. The van der Waals surface area contributed by atoms with Crippen LogP contribution in [0.1, 0.15) is 12.8 Å². The van der Waals surface area contributed by atoms with E-state index in [4.69, 9.17) is 10.5 Å². The molecule has 3 nitrogen and oxygen atoms in total. The van der Waals surface area contributed by atoms with Gasteiger partial charge in [-0.1, -0.05) is 0 Å². The van der Waals surface area contributed by atoms with Crippen LogP contribution in [0.4, 0.5) is 18.9 Å². The average Bonchev–Trinajstić information content (AvgIpc) is 2.96. The summed E-state index contributed by atoms with van der Waals surface area (Å²) in [4.78, 5) is 3.78. The van der Waals surface area contributed by atoms with Crippen LogP contribution < -0.4 is 10.5 Å². The van der Waals surface area contributed by atoms with Gasteiger partial charge in [0.25, 0.3) is 0 Å². The highest BCUT2D eigenvalue weighted by atomic mass is 19.4. The van der Waals surface area contributed by atoms with Crippen molar-refractivity contribution in [3.63, 3.8) is 0 Å². The number of nitrogen functional groups attached to an aromatic ring is 1. The fourth-order valence-electron chi connectivity index (χ4n) is 1.39. The van der Waals surface area contributed by atoms with Gasteiger partial charge in [-0.3, -0.25) is 0 Å². The zero-order valence-corrected chi connectivity index (χ0v) is 8.42. The lowest BCUT2D eigenvalue weighted by Gasteiger charge is -2.19. The molecule has 1 aliphatic rings. The topological polar surface area (TPSA) is 48.1 Å². The minimum Gasteiger partial charge on any atom is -0.475 e. The predicted molar refractivity (Wildman–Crippen MR) is 51.9 cm³/mol. The number of ether oxygens (including phenoxy) is 1. The number of hydrogen-bond donors (Lipinski definition) is 1. The third kappa shape index (κ3) is 1.91. The first-order chi connectivity index (χ1) is 7.45. The Morgan fingerprint density at radius 1 is 1.44 bits per heavy atom. The minimum absolute atomic E-state index is 0.0676. The quantitative estimate of drug-likeness (QED) is 0.870. The maximum absolute atomic E-state index is 12.6. The lowest BCUT2D eigenvalue weighted by molar-refractivity contribution is -0.194. The van der Waals surface area contributed by atoms with Crippen LogP contribution in [0.3, 0.4) is 0 Å². The molecule has 1 aromatic heterocycles. The van der Waals surface area contributed by atoms with Gasteiger partial charge < -0.3 is 10.5 Å². The van der Waals surface area contributed by atoms with Gasteiger partial charge in [0.1, 0.15) is 12.0 Å². The molecule has 0 aliphatic heterocycles. The summed E-state index contributed by atoms with van der Waals surface area (Å²) in [7, 11) is 0. The molecular weight excluding hydrogens is 221 g/mol. The molecular formula is C10H11F3N2O. The lowest BCUT2D eigenvalue weighted by atomic mass is 10.1. The van der Waals surface area contributed by atoms with E-state index in [2.05, 4.69) is 4.98 Å². The third-order valence-corrected chi connectivity index (χ3v) is 2.74. The average molecular weight is 232 g/mol. The van der Waals surface area contributed by atoms with Crippen molar-refractivity contribution in [1.82, 2.24) is 4.98 Å². The Morgan fingerprint density at radius 3 is 2.62 bits per heavy atom. The van der Waals surface area contributed by atoms with E-state index in [1.165, 1.54) is 12.3 Å². The summed E-state index contributed by atoms with van der Waals surface area (Å²) in [6.45, 7) is -0.405. The van der Waals surface area contributed by atoms with E-state index in [1.54, 1.807) is 6.07 Å². The minimum atomic E-state index is -4.21. The van der Waals surface area contributed by atoms with Crippen LogP contribution in [0.15, 0.2) is 18.3 Å². The number of rotatable bonds is 3. The summed E-state index contributed by atoms with van der Waals surface area (Å²) >= 11 is 0. The Hall–Kier alpha value is -1.46. The first-order valence-electron chi connectivity index (χ1n) is 4.85. The molecule has 1 saturated carbocycles. The molecule has 0 bridgehead atoms. The van der Waals surface area contributed by atoms with Crippen LogP contribution in [-0.2, 0) is 0 Å². The molecule has 0 atom stereocenters. The summed E-state index contributed by atoms with van der Waals surface area (Å²) < 4.78 is 42.7. The summed E-state index contributed by atoms with van der Waals surface area (Å²) in [5.41, 5.74) is 4.08. The van der Waals surface area contributed by atoms with E-state index in [1.807, 2.05) is 0 Å². The van der Waals surface area contributed by atoms with Crippen LogP contribution in [0.5, 0.6) is 5.88 Å². The second-order valence-corrected chi connectivity index (χ2v) is 3.96. The Labute approximate surface area is 90.4 Å². The van der Waals surface area contributed by atoms with Crippen molar-refractivity contribution in [2.75, 3.05) is 12.3 Å². The molecule has 0 aromatic carbocycles. The van der Waals surface area contributed by atoms with Crippen molar-refractivity contribution in [2.24, 2.45) is 5.41 Å². The molecule has 1 fully saturated rings. The standard InChI is InChI=1S/C10H11F3N2O/c11-10(12,13)9(3-4-9)6-16-8-7(14)2-1-5-15-8/h1-2,5H,3-4,6,14H2. The zero-order valence-electron chi connectivity index (χ0n) is 8.42. The summed E-state index contributed by atoms with van der Waals surface area (Å²) in [6.07, 6.45) is -2.55. The van der Waals surface area contributed by atoms with E-state index in [0.717, 1.165) is 0 Å². The van der Waals surface area contributed by atoms with E-state index in [0.29, 0.717) is 0 Å². The van der Waals surface area contributed by atoms with Gasteiger partial charge in [-0.25, -0.2) is 4.98 Å². The second kappa shape index (κ2) is 3.54. The Balaban J connectivity index is 2.01. The molecule has 88 valence electrons. The number of halogens is 3. The molecule has 2 rings (SSSR count). The Bertz CT molecular complexity index is 388. The highest BCUT2D eigenvalue weighted by molar-refractivity contribution is 5.46. The Morgan fingerprint density at radius 2 is 2.12 bits per heavy atom. The van der Waals surface area contributed by atoms with E-state index in [-0.39, 0.29) is 24.4 Å². The van der Waals surface area contributed by atoms with Crippen molar-refractivity contribution in [1.29, 1.82) is 0 Å². The van der Waals surface area contributed by atoms with Crippen LogP contribution >= 0.6 is 0 Å². The van der Waals surface area contributed by atoms with Gasteiger partial charge in [0.05, 0.1) is 5.69 Å². The van der Waals surface area contributed by atoms with E-state index < -0.39 is 18.2 Å². The van der Waals surface area contributed by atoms with E-state index >= 15 is 0 Å². The molecule has 2 N–H and O–H groups in total. The summed E-state index contributed by atoms with van der Waals surface area (Å²) in [5, 5.41) is 0. The molecule has 16 heavy (non-hydrogen) atoms. The van der Waals surface area contributed by atoms with E-state index in [9.17, 15) is 13.2 Å². The van der Waals surface area contributed by atoms with Crippen molar-refractivity contribution in [2.45, 2.75) is 19.0 Å². The fourth-order valence-corrected chi connectivity index (χ4v) is 1.39. The molecule has 0 saturated heterocycles. The number of pyridine rings is 1. The largest absolute Gasteiger partial charge is 0.475 e. The highest BCUT2D eigenvalue weighted by Crippen LogP contribution is 2.57. The predicted octanol–water partition coefficient (Wildman–Crippen LogP) is 2.39. The molecule has 6 heteroatoms. The van der Waals surface area contributed by atoms with Crippen LogP contribution in [0, 0.1) is 5.41 Å². The highest BCUT2D eigenvalue weighted by Gasteiger charge is 2.63. The number of nitrogens with two attached hydrogens (primary N) is 1. The smallest absolute Gasteiger partial charge is 0.397 e. The zero-order chi connectivity index (χ0) is 11.8. The SMILES string of the molecule is Nc1cccnc1OCC1(C(F)(F)F)CC1. The van der Waals surface area contributed by atoms with Crippen LogP contribution in [-0.4, -0.2) is 17.8 Å². The van der Waals surface area contributed by atoms with Gasteiger partial charge in [0, 0.05) is 6.20 Å². The number of anilines is 1. The normalized spacial score (nSPS) is 18.2. The molecule has 0 unspecified atom stereocenters. The molecule has 0 amide bonds. The third-order valence-electron chi connectivity index (χ3n) is 2.74. The van der Waals surface area contributed by atoms with Crippen molar-refractivity contribution in [3.05, 3.63) is 18.3 Å². The monoisotopic (exact) mass is 232 g/mol. The molecule has 1 aromatic rings. The number of hydrogen-bond acceptors (Lipinski definition) is 3. The van der Waals surface area contributed by atoms with Gasteiger partial charge in [-0.2, -0.15) is 13.2 Å². The van der Waals surface area contributed by atoms with Crippen molar-refractivity contribution < 1.29 is 17.9 Å². The van der Waals surface area contributed by atoms with Gasteiger partial charge in [-0.15, -0.1) is 0 Å². The lowest BCUT2D eigenvalue weighted by Crippen LogP contribution is -2.30. The maximum Gasteiger partial charge on any atom is 0.397 e. The summed E-state index contributed by atoms with van der Waals surface area (Å²) in [6, 6.07) is 3.13. The Kier molecular flexibility index (Phi) is 2.44. The van der Waals surface area contributed by atoms with Crippen LogP contribution in [0.2, 0.25) is 0 Å². The number of aromatic nitrogens is 1. The maximum atomic E-state index is 12.6. The van der Waals surface area contributed by atoms with Gasteiger partial charge in [0.2, 0.25) is 5.88 Å². The molecule has 1 heterocycles. The fraction of sp³-hybridized carbons (Fsp3) is 0.500. The van der Waals surface area contributed by atoms with Gasteiger partial charge in [0.15, 0.2) is 0 Å². The van der Waals surface area contributed by atoms with Gasteiger partial charge >= 0.3 is 6.18 Å². The molecule has 0 spiro atoms. The molecule has 0 radical (unpaired) electrons.